The molecule has 0 saturated carbocycles. The number of para-hydroxylation sites is 1. The van der Waals surface area contributed by atoms with Gasteiger partial charge in [0, 0.05) is 18.7 Å². The van der Waals surface area contributed by atoms with Gasteiger partial charge in [-0.3, -0.25) is 4.90 Å². The van der Waals surface area contributed by atoms with E-state index >= 15 is 0 Å². The lowest BCUT2D eigenvalue weighted by Gasteiger charge is -2.33. The maximum atomic E-state index is 14.5. The van der Waals surface area contributed by atoms with E-state index in [4.69, 9.17) is 4.74 Å². The molecule has 168 valence electrons. The van der Waals surface area contributed by atoms with Crippen molar-refractivity contribution in [3.05, 3.63) is 65.8 Å². The number of anilines is 1. The van der Waals surface area contributed by atoms with Crippen molar-refractivity contribution in [2.45, 2.75) is 12.7 Å². The molecule has 1 saturated heterocycles. The highest BCUT2D eigenvalue weighted by molar-refractivity contribution is 5.92. The van der Waals surface area contributed by atoms with Gasteiger partial charge in [-0.1, -0.05) is 24.3 Å². The SMILES string of the molecule is O=C(N1CCOCC1)N(Cc1ccc(-c2nnc(C(F)(F)F)o2)cc1)c1ccccc1F. The summed E-state index contributed by atoms with van der Waals surface area (Å²) in [6.07, 6.45) is -4.73. The van der Waals surface area contributed by atoms with Crippen LogP contribution >= 0.6 is 0 Å². The zero-order chi connectivity index (χ0) is 22.7. The van der Waals surface area contributed by atoms with E-state index in [0.717, 1.165) is 0 Å². The molecule has 4 rings (SSSR count). The van der Waals surface area contributed by atoms with Crippen molar-refractivity contribution in [2.24, 2.45) is 0 Å². The normalized spacial score (nSPS) is 14.4. The van der Waals surface area contributed by atoms with Gasteiger partial charge in [-0.2, -0.15) is 13.2 Å². The highest BCUT2D eigenvalue weighted by Gasteiger charge is 2.38. The fourth-order valence-corrected chi connectivity index (χ4v) is 3.24. The lowest BCUT2D eigenvalue weighted by atomic mass is 10.1. The Balaban J connectivity index is 1.57. The van der Waals surface area contributed by atoms with Crippen LogP contribution in [0, 0.1) is 5.82 Å². The van der Waals surface area contributed by atoms with Crippen LogP contribution in [0.4, 0.5) is 28.0 Å². The molecule has 0 spiro atoms. The minimum absolute atomic E-state index is 0.0506. The van der Waals surface area contributed by atoms with Crippen molar-refractivity contribution in [3.63, 3.8) is 0 Å². The third kappa shape index (κ3) is 4.72. The number of amides is 2. The first-order valence-electron chi connectivity index (χ1n) is 9.71. The third-order valence-electron chi connectivity index (χ3n) is 4.86. The third-order valence-corrected chi connectivity index (χ3v) is 4.86. The van der Waals surface area contributed by atoms with Crippen molar-refractivity contribution in [2.75, 3.05) is 31.2 Å². The molecule has 0 atom stereocenters. The Labute approximate surface area is 180 Å². The number of halogens is 4. The minimum atomic E-state index is -4.73. The van der Waals surface area contributed by atoms with E-state index in [1.54, 1.807) is 23.1 Å². The molecule has 11 heteroatoms. The Morgan fingerprint density at radius 1 is 1.03 bits per heavy atom. The molecular weight excluding hydrogens is 432 g/mol. The minimum Gasteiger partial charge on any atom is -0.413 e. The number of hydrogen-bond acceptors (Lipinski definition) is 5. The molecule has 0 bridgehead atoms. The van der Waals surface area contributed by atoms with Gasteiger partial charge in [0.1, 0.15) is 5.82 Å². The van der Waals surface area contributed by atoms with Crippen LogP contribution in [0.1, 0.15) is 11.5 Å². The van der Waals surface area contributed by atoms with E-state index in [1.165, 1.54) is 35.2 Å². The van der Waals surface area contributed by atoms with Gasteiger partial charge in [-0.15, -0.1) is 10.2 Å². The van der Waals surface area contributed by atoms with Crippen molar-refractivity contribution < 1.29 is 31.5 Å². The number of benzene rings is 2. The van der Waals surface area contributed by atoms with Crippen LogP contribution in [0.25, 0.3) is 11.5 Å². The number of ether oxygens (including phenoxy) is 1. The number of carbonyl (C=O) groups excluding carboxylic acids is 1. The van der Waals surface area contributed by atoms with Gasteiger partial charge in [-0.05, 0) is 29.8 Å². The summed E-state index contributed by atoms with van der Waals surface area (Å²) >= 11 is 0. The number of alkyl halides is 3. The summed E-state index contributed by atoms with van der Waals surface area (Å²) in [5.74, 6) is -2.26. The summed E-state index contributed by atoms with van der Waals surface area (Å²) in [5.41, 5.74) is 1.04. The quantitative estimate of drug-likeness (QED) is 0.553. The molecular formula is C21H18F4N4O3. The molecule has 3 aromatic rings. The second kappa shape index (κ2) is 8.95. The van der Waals surface area contributed by atoms with Gasteiger partial charge in [-0.25, -0.2) is 9.18 Å². The number of morpholine rings is 1. The standard InChI is InChI=1S/C21H18F4N4O3/c22-16-3-1-2-4-17(16)29(20(30)28-9-11-31-12-10-28)13-14-5-7-15(8-6-14)18-26-27-19(32-18)21(23,24)25/h1-8H,9-13H2. The van der Waals surface area contributed by atoms with Crippen molar-refractivity contribution >= 4 is 11.7 Å². The maximum absolute atomic E-state index is 14.5. The zero-order valence-electron chi connectivity index (χ0n) is 16.7. The van der Waals surface area contributed by atoms with Crippen LogP contribution in [-0.2, 0) is 17.5 Å². The highest BCUT2D eigenvalue weighted by Crippen LogP contribution is 2.30. The molecule has 0 unspecified atom stereocenters. The number of nitrogens with zero attached hydrogens (tertiary/aromatic N) is 4. The van der Waals surface area contributed by atoms with Crippen LogP contribution in [0.3, 0.4) is 0 Å². The summed E-state index contributed by atoms with van der Waals surface area (Å²) in [5, 5.41) is 6.43. The fourth-order valence-electron chi connectivity index (χ4n) is 3.24. The molecule has 0 radical (unpaired) electrons. The topological polar surface area (TPSA) is 71.7 Å². The Bertz CT molecular complexity index is 1080. The van der Waals surface area contributed by atoms with Crippen molar-refractivity contribution in [1.82, 2.24) is 15.1 Å². The van der Waals surface area contributed by atoms with Crippen molar-refractivity contribution in [3.8, 4) is 11.5 Å². The number of urea groups is 1. The van der Waals surface area contributed by atoms with Gasteiger partial charge >= 0.3 is 18.1 Å². The average molecular weight is 450 g/mol. The molecule has 1 aliphatic rings. The Hall–Kier alpha value is -3.47. The number of rotatable bonds is 4. The van der Waals surface area contributed by atoms with Gasteiger partial charge in [0.25, 0.3) is 0 Å². The zero-order valence-corrected chi connectivity index (χ0v) is 16.7. The largest absolute Gasteiger partial charge is 0.470 e. The average Bonchev–Trinajstić information content (AvgIpc) is 3.30. The predicted molar refractivity (Wildman–Crippen MR) is 105 cm³/mol. The van der Waals surface area contributed by atoms with E-state index in [1.807, 2.05) is 0 Å². The fraction of sp³-hybridized carbons (Fsp3) is 0.286. The Morgan fingerprint density at radius 2 is 1.72 bits per heavy atom. The molecule has 2 heterocycles. The van der Waals surface area contributed by atoms with Crippen molar-refractivity contribution in [1.29, 1.82) is 0 Å². The van der Waals surface area contributed by atoms with E-state index in [9.17, 15) is 22.4 Å². The predicted octanol–water partition coefficient (Wildman–Crippen LogP) is 4.35. The first-order chi connectivity index (χ1) is 15.3. The lowest BCUT2D eigenvalue weighted by molar-refractivity contribution is -0.156. The summed E-state index contributed by atoms with van der Waals surface area (Å²) < 4.78 is 62.5. The van der Waals surface area contributed by atoms with E-state index < -0.39 is 17.9 Å². The molecule has 1 fully saturated rings. The summed E-state index contributed by atoms with van der Waals surface area (Å²) in [4.78, 5) is 16.0. The van der Waals surface area contributed by atoms with Gasteiger partial charge in [0.2, 0.25) is 5.89 Å². The lowest BCUT2D eigenvalue weighted by Crippen LogP contribution is -2.48. The second-order valence-corrected chi connectivity index (χ2v) is 7.03. The first kappa shape index (κ1) is 21.8. The van der Waals surface area contributed by atoms with E-state index in [0.29, 0.717) is 31.9 Å². The van der Waals surface area contributed by atoms with E-state index in [-0.39, 0.29) is 29.7 Å². The van der Waals surface area contributed by atoms with Crippen LogP contribution < -0.4 is 4.90 Å². The number of aromatic nitrogens is 2. The Kier molecular flexibility index (Phi) is 6.08. The van der Waals surface area contributed by atoms with Crippen LogP contribution in [0.2, 0.25) is 0 Å². The summed E-state index contributed by atoms with van der Waals surface area (Å²) in [6, 6.07) is 11.8. The Morgan fingerprint density at radius 3 is 2.34 bits per heavy atom. The molecule has 7 nitrogen and oxygen atoms in total. The van der Waals surface area contributed by atoms with E-state index in [2.05, 4.69) is 14.6 Å². The van der Waals surface area contributed by atoms with Crippen LogP contribution in [-0.4, -0.2) is 47.4 Å². The highest BCUT2D eigenvalue weighted by atomic mass is 19.4. The van der Waals surface area contributed by atoms with Gasteiger partial charge < -0.3 is 14.1 Å². The molecule has 2 amide bonds. The smallest absolute Gasteiger partial charge is 0.413 e. The maximum Gasteiger partial charge on any atom is 0.470 e. The van der Waals surface area contributed by atoms with Crippen LogP contribution in [0.15, 0.2) is 52.9 Å². The molecule has 0 aliphatic carbocycles. The monoisotopic (exact) mass is 450 g/mol. The molecule has 1 aliphatic heterocycles. The summed E-state index contributed by atoms with van der Waals surface area (Å²) in [7, 11) is 0. The first-order valence-corrected chi connectivity index (χ1v) is 9.71. The van der Waals surface area contributed by atoms with Gasteiger partial charge in [0.05, 0.1) is 25.4 Å². The van der Waals surface area contributed by atoms with Gasteiger partial charge in [0.15, 0.2) is 0 Å². The number of hydrogen-bond donors (Lipinski definition) is 0. The second-order valence-electron chi connectivity index (χ2n) is 7.03. The molecule has 1 aromatic heterocycles. The molecule has 32 heavy (non-hydrogen) atoms. The van der Waals surface area contributed by atoms with Crippen LogP contribution in [0.5, 0.6) is 0 Å². The number of carbonyl (C=O) groups is 1. The molecule has 0 N–H and O–H groups in total. The summed E-state index contributed by atoms with van der Waals surface area (Å²) in [6.45, 7) is 1.63. The molecule has 2 aromatic carbocycles.